The summed E-state index contributed by atoms with van der Waals surface area (Å²) in [5.74, 6) is 2.01. The van der Waals surface area contributed by atoms with Crippen molar-refractivity contribution in [2.75, 3.05) is 5.75 Å². The molecule has 0 saturated heterocycles. The second-order valence-corrected chi connectivity index (χ2v) is 26.3. The Morgan fingerprint density at radius 2 is 1.13 bits per heavy atom. The van der Waals surface area contributed by atoms with Crippen LogP contribution in [0.2, 0.25) is 15.1 Å². The number of nitrogens with zero attached hydrogens (tertiary/aromatic N) is 8. The highest BCUT2D eigenvalue weighted by Crippen LogP contribution is 2.40. The van der Waals surface area contributed by atoms with Gasteiger partial charge in [-0.3, -0.25) is 14.9 Å². The topological polar surface area (TPSA) is 250 Å². The number of sulfonamides is 1. The first-order valence-electron chi connectivity index (χ1n) is 24.5. The van der Waals surface area contributed by atoms with E-state index in [0.717, 1.165) is 56.5 Å². The number of sulfone groups is 1. The first-order chi connectivity index (χ1) is 37.8. The minimum atomic E-state index is -3.68. The van der Waals surface area contributed by atoms with Gasteiger partial charge in [-0.1, -0.05) is 83.3 Å². The molecule has 0 aliphatic heterocycles. The highest BCUT2D eigenvalue weighted by molar-refractivity contribution is 8.13. The summed E-state index contributed by atoms with van der Waals surface area (Å²) in [7, 11) is -5.61. The summed E-state index contributed by atoms with van der Waals surface area (Å²) in [6.07, 6.45) is 21.8. The molecule has 2 aliphatic carbocycles. The monoisotopic (exact) mass is 1220 g/mol. The van der Waals surface area contributed by atoms with E-state index in [-0.39, 0.29) is 27.0 Å². The van der Waals surface area contributed by atoms with Gasteiger partial charge in [0.25, 0.3) is 9.05 Å². The predicted octanol–water partition coefficient (Wildman–Crippen LogP) is 10.8. The first kappa shape index (κ1) is 59.0. The van der Waals surface area contributed by atoms with Crippen LogP contribution >= 0.6 is 57.1 Å². The van der Waals surface area contributed by atoms with E-state index in [1.165, 1.54) is 67.8 Å². The number of aromatic amines is 2. The van der Waals surface area contributed by atoms with Crippen molar-refractivity contribution in [3.63, 3.8) is 0 Å². The zero-order valence-corrected chi connectivity index (χ0v) is 48.2. The molecule has 10 aromatic rings. The van der Waals surface area contributed by atoms with Crippen LogP contribution in [0, 0.1) is 0 Å². The third-order valence-corrected chi connectivity index (χ3v) is 17.5. The molecule has 5 N–H and O–H groups in total. The number of hydrogen-bond acceptors (Lipinski definition) is 12. The van der Waals surface area contributed by atoms with Crippen molar-refractivity contribution in [1.82, 2.24) is 53.7 Å². The van der Waals surface area contributed by atoms with Gasteiger partial charge in [-0.25, -0.2) is 39.9 Å². The summed E-state index contributed by atoms with van der Waals surface area (Å²) in [5, 5.41) is 18.0. The van der Waals surface area contributed by atoms with Gasteiger partial charge in [0.15, 0.2) is 9.84 Å². The van der Waals surface area contributed by atoms with Crippen molar-refractivity contribution in [2.24, 2.45) is 5.73 Å². The minimum Gasteiger partial charge on any atom is -0.326 e. The number of pyridine rings is 2. The van der Waals surface area contributed by atoms with Crippen LogP contribution in [0.5, 0.6) is 0 Å². The number of benzene rings is 3. The van der Waals surface area contributed by atoms with Gasteiger partial charge >= 0.3 is 0 Å². The maximum atomic E-state index is 12.6. The molecule has 2 saturated carbocycles. The normalized spacial score (nSPS) is 13.3. The quantitative estimate of drug-likeness (QED) is 0.0553. The molecule has 2 aliphatic rings. The van der Waals surface area contributed by atoms with Gasteiger partial charge in [0.1, 0.15) is 26.0 Å². The number of imidazole rings is 2. The Balaban J connectivity index is 0.000000142. The molecule has 0 atom stereocenters. The molecule has 0 spiro atoms. The largest absolute Gasteiger partial charge is 0.326 e. The van der Waals surface area contributed by atoms with Crippen LogP contribution in [0.3, 0.4) is 0 Å². The molecule has 7 aromatic heterocycles. The molecule has 7 heterocycles. The molecule has 0 radical (unpaired) electrons. The molecular weight excluding hydrogens is 1170 g/mol. The van der Waals surface area contributed by atoms with E-state index in [1.807, 2.05) is 65.3 Å². The summed E-state index contributed by atoms with van der Waals surface area (Å²) in [6, 6.07) is 30.2. The number of rotatable bonds is 15. The number of aryl methyl sites for hydroxylation is 1. The van der Waals surface area contributed by atoms with Crippen LogP contribution in [0.15, 0.2) is 174 Å². The molecule has 26 heteroatoms. The Labute approximate surface area is 481 Å². The Hall–Kier alpha value is -6.11. The number of nitrogens with one attached hydrogen (secondary N) is 3. The lowest BCUT2D eigenvalue weighted by Crippen LogP contribution is -2.22. The van der Waals surface area contributed by atoms with Crippen LogP contribution in [0.4, 0.5) is 0 Å². The Bertz CT molecular complexity index is 3960. The lowest BCUT2D eigenvalue weighted by atomic mass is 10.2. The van der Waals surface area contributed by atoms with Crippen LogP contribution in [0.1, 0.15) is 76.7 Å². The molecule has 18 nitrogen and oxygen atoms in total. The summed E-state index contributed by atoms with van der Waals surface area (Å²) in [5.41, 5.74) is 14.5. The van der Waals surface area contributed by atoms with Gasteiger partial charge in [0.2, 0.25) is 10.0 Å². The van der Waals surface area contributed by atoms with Gasteiger partial charge in [-0.15, -0.1) is 11.6 Å². The van der Waals surface area contributed by atoms with Crippen molar-refractivity contribution in [3.05, 3.63) is 213 Å². The van der Waals surface area contributed by atoms with Crippen LogP contribution < -0.4 is 10.5 Å². The number of alkyl halides is 1. The average molecular weight is 1230 g/mol. The van der Waals surface area contributed by atoms with E-state index >= 15 is 0 Å². The summed E-state index contributed by atoms with van der Waals surface area (Å²) in [4.78, 5) is 9.32. The number of H-pyrrole nitrogens is 2. The number of aromatic nitrogens is 10. The molecule has 0 bridgehead atoms. The second kappa shape index (κ2) is 26.9. The summed E-state index contributed by atoms with van der Waals surface area (Å²) >= 11 is 23.2. The van der Waals surface area contributed by atoms with E-state index in [2.05, 4.69) is 75.2 Å². The van der Waals surface area contributed by atoms with Crippen LogP contribution in [0.25, 0.3) is 11.3 Å². The van der Waals surface area contributed by atoms with Crippen molar-refractivity contribution in [2.45, 2.75) is 84.1 Å². The zero-order valence-electron chi connectivity index (χ0n) is 42.0. The number of halogens is 5. The number of hydrogen-bond donors (Lipinski definition) is 4. The molecule has 0 amide bonds. The average Bonchev–Trinajstić information content (AvgIpc) is 4.05. The molecular formula is C53H53Cl5N12O6S3. The maximum Gasteiger partial charge on any atom is 0.264 e. The van der Waals surface area contributed by atoms with Crippen molar-refractivity contribution in [3.8, 4) is 0 Å². The second-order valence-electron chi connectivity index (χ2n) is 18.3. The smallest absolute Gasteiger partial charge is 0.264 e. The SMILES string of the molecule is ClCc1cn2cc(C3CC3)ccc2n1.NCc1cccc(Cl)c1.O=S(=O)(CCc1cccc(Cl)c1)c1cn[nH]c1.O=S(=O)(Cl)c1cn[nH]c1.O=S(=O)(NCc1cccc(Cl)c1)c1cnn(Cc2cn3cc(C4CC4)ccc3n2)c1. The van der Waals surface area contributed by atoms with Crippen LogP contribution in [-0.2, 0) is 60.8 Å². The van der Waals surface area contributed by atoms with Gasteiger partial charge in [0.05, 0.1) is 48.2 Å². The summed E-state index contributed by atoms with van der Waals surface area (Å²) in [6.45, 7) is 1.11. The Kier molecular flexibility index (Phi) is 20.1. The minimum absolute atomic E-state index is 0.0100. The number of fused-ring (bicyclic) bond motifs is 2. The first-order valence-corrected chi connectivity index (χ1v) is 31.6. The van der Waals surface area contributed by atoms with E-state index in [1.54, 1.807) is 35.0 Å². The Morgan fingerprint density at radius 3 is 1.62 bits per heavy atom. The third kappa shape index (κ3) is 17.7. The van der Waals surface area contributed by atoms with Gasteiger partial charge in [0, 0.05) is 82.2 Å². The lowest BCUT2D eigenvalue weighted by molar-refractivity contribution is 0.580. The van der Waals surface area contributed by atoms with Crippen molar-refractivity contribution < 1.29 is 25.3 Å². The summed E-state index contributed by atoms with van der Waals surface area (Å²) < 4.78 is 78.0. The van der Waals surface area contributed by atoms with E-state index < -0.39 is 28.9 Å². The van der Waals surface area contributed by atoms with E-state index in [9.17, 15) is 25.3 Å². The van der Waals surface area contributed by atoms with E-state index in [0.29, 0.717) is 41.4 Å². The number of nitrogens with two attached hydrogens (primary N) is 1. The predicted molar refractivity (Wildman–Crippen MR) is 307 cm³/mol. The molecule has 12 rings (SSSR count). The molecule has 2 fully saturated rings. The van der Waals surface area contributed by atoms with Gasteiger partial charge in [-0.2, -0.15) is 15.3 Å². The Morgan fingerprint density at radius 1 is 0.608 bits per heavy atom. The molecule has 3 aromatic carbocycles. The highest BCUT2D eigenvalue weighted by atomic mass is 35.7. The van der Waals surface area contributed by atoms with E-state index in [4.69, 9.17) is 62.8 Å². The molecule has 414 valence electrons. The highest BCUT2D eigenvalue weighted by Gasteiger charge is 2.25. The van der Waals surface area contributed by atoms with Gasteiger partial charge < -0.3 is 14.5 Å². The van der Waals surface area contributed by atoms with Gasteiger partial charge in [-0.05, 0) is 120 Å². The lowest BCUT2D eigenvalue weighted by Gasteiger charge is -2.05. The molecule has 0 unspecified atom stereocenters. The molecule has 79 heavy (non-hydrogen) atoms. The standard InChI is InChI=1S/C21H20ClN5O2S.C11H11ClN2O2S.C11H11ClN2.C7H8ClN.C3H3ClN2O2S/c22-18-3-1-2-15(8-18)9-24-30(28,29)20-10-23-27(14-20)13-19-12-26-11-17(16-4-5-16)6-7-21(26)25-19;12-10-3-1-2-9(6-10)4-5-17(15,16)11-7-13-14-8-11;12-5-10-7-14-6-9(8-1-2-8)3-4-11(14)13-10;8-7-3-1-2-6(4-7)5-9;4-9(7,8)3-1-5-6-2-3/h1-3,6-8,10-12,14,16,24H,4-5,9,13H2;1-3,6-8H,4-5H2,(H,13,14);3-4,6-8H,1-2,5H2;1-4H,5,9H2;1-2H,(H,5,6). The fourth-order valence-corrected chi connectivity index (χ4v) is 11.3. The fourth-order valence-electron chi connectivity index (χ4n) is 7.73. The third-order valence-electron chi connectivity index (χ3n) is 12.1. The maximum absolute atomic E-state index is 12.6. The van der Waals surface area contributed by atoms with Crippen molar-refractivity contribution in [1.29, 1.82) is 0 Å². The zero-order chi connectivity index (χ0) is 56.2. The van der Waals surface area contributed by atoms with Crippen molar-refractivity contribution >= 4 is 97.3 Å². The fraction of sp³-hybridized carbons (Fsp3) is 0.226. The van der Waals surface area contributed by atoms with Crippen LogP contribution in [-0.4, -0.2) is 80.0 Å².